The van der Waals surface area contributed by atoms with E-state index in [0.29, 0.717) is 6.42 Å². The van der Waals surface area contributed by atoms with E-state index < -0.39 is 17.3 Å². The third-order valence-electron chi connectivity index (χ3n) is 9.05. The highest BCUT2D eigenvalue weighted by atomic mass is 16.4. The van der Waals surface area contributed by atoms with Crippen molar-refractivity contribution >= 4 is 11.8 Å². The van der Waals surface area contributed by atoms with Gasteiger partial charge in [-0.05, 0) is 25.7 Å². The number of carbonyl (C=O) groups excluding carboxylic acids is 1. The van der Waals surface area contributed by atoms with Gasteiger partial charge in [0.2, 0.25) is 0 Å². The van der Waals surface area contributed by atoms with Crippen LogP contribution in [0.2, 0.25) is 0 Å². The molecule has 1 aliphatic rings. The Morgan fingerprint density at radius 2 is 0.892 bits per heavy atom. The van der Waals surface area contributed by atoms with Gasteiger partial charge in [-0.2, -0.15) is 0 Å². The van der Waals surface area contributed by atoms with Gasteiger partial charge in [0.1, 0.15) is 5.92 Å². The normalized spacial score (nSPS) is 21.6. The molecule has 1 aliphatic carbocycles. The molecule has 1 saturated carbocycles. The Hall–Kier alpha value is -0.860. The molecule has 3 nitrogen and oxygen atoms in total. The van der Waals surface area contributed by atoms with E-state index in [4.69, 9.17) is 0 Å². The molecule has 37 heavy (non-hydrogen) atoms. The Labute approximate surface area is 231 Å². The average Bonchev–Trinajstić information content (AvgIpc) is 2.89. The van der Waals surface area contributed by atoms with Crippen LogP contribution < -0.4 is 0 Å². The molecule has 0 aliphatic heterocycles. The molecule has 0 aromatic heterocycles. The van der Waals surface area contributed by atoms with Crippen LogP contribution in [0.1, 0.15) is 194 Å². The Morgan fingerprint density at radius 3 is 1.19 bits per heavy atom. The topological polar surface area (TPSA) is 54.4 Å². The maximum atomic E-state index is 14.0. The van der Waals surface area contributed by atoms with Gasteiger partial charge in [0, 0.05) is 5.41 Å². The van der Waals surface area contributed by atoms with Crippen molar-refractivity contribution < 1.29 is 14.7 Å². The predicted octanol–water partition coefficient (Wildman–Crippen LogP) is 11.2. The number of ketones is 1. The summed E-state index contributed by atoms with van der Waals surface area (Å²) in [5.41, 5.74) is -0.415. The van der Waals surface area contributed by atoms with Crippen molar-refractivity contribution in [2.45, 2.75) is 194 Å². The van der Waals surface area contributed by atoms with E-state index in [-0.39, 0.29) is 5.78 Å². The van der Waals surface area contributed by atoms with Crippen LogP contribution in [0.25, 0.3) is 0 Å². The summed E-state index contributed by atoms with van der Waals surface area (Å²) in [5, 5.41) is 10.0. The SMILES string of the molecule is CCCCC(C(=O)O)C(=O)C1(CCCC)CCCCCCCCCCCCCCCCCCCCCC1. The van der Waals surface area contributed by atoms with E-state index in [0.717, 1.165) is 57.8 Å². The largest absolute Gasteiger partial charge is 0.481 e. The quantitative estimate of drug-likeness (QED) is 0.307. The Bertz CT molecular complexity index is 531. The van der Waals surface area contributed by atoms with Gasteiger partial charge in [0.15, 0.2) is 5.78 Å². The number of rotatable bonds is 9. The summed E-state index contributed by atoms with van der Waals surface area (Å²) >= 11 is 0. The van der Waals surface area contributed by atoms with E-state index in [9.17, 15) is 14.7 Å². The summed E-state index contributed by atoms with van der Waals surface area (Å²) in [6.07, 6.45) is 33.5. The van der Waals surface area contributed by atoms with E-state index >= 15 is 0 Å². The lowest BCUT2D eigenvalue weighted by atomic mass is 9.67. The lowest BCUT2D eigenvalue weighted by Crippen LogP contribution is -2.40. The number of Topliss-reactive ketones (excluding diaryl/α,β-unsaturated/α-hetero) is 1. The third-order valence-corrected chi connectivity index (χ3v) is 9.05. The van der Waals surface area contributed by atoms with Crippen LogP contribution in [0.4, 0.5) is 0 Å². The zero-order valence-corrected chi connectivity index (χ0v) is 25.1. The molecule has 1 atom stereocenters. The maximum Gasteiger partial charge on any atom is 0.314 e. The first-order valence-corrected chi connectivity index (χ1v) is 16.8. The molecule has 1 fully saturated rings. The summed E-state index contributed by atoms with van der Waals surface area (Å²) in [5.74, 6) is -1.62. The van der Waals surface area contributed by atoms with E-state index in [2.05, 4.69) is 13.8 Å². The summed E-state index contributed by atoms with van der Waals surface area (Å²) in [7, 11) is 0. The van der Waals surface area contributed by atoms with Crippen LogP contribution in [0, 0.1) is 11.3 Å². The van der Waals surface area contributed by atoms with Crippen LogP contribution in [0.3, 0.4) is 0 Å². The van der Waals surface area contributed by atoms with Crippen molar-refractivity contribution in [1.82, 2.24) is 0 Å². The van der Waals surface area contributed by atoms with Gasteiger partial charge in [0.25, 0.3) is 0 Å². The second-order valence-corrected chi connectivity index (χ2v) is 12.4. The fourth-order valence-corrected chi connectivity index (χ4v) is 6.51. The summed E-state index contributed by atoms with van der Waals surface area (Å²) < 4.78 is 0. The maximum absolute atomic E-state index is 14.0. The van der Waals surface area contributed by atoms with Gasteiger partial charge in [-0.1, -0.05) is 168 Å². The highest BCUT2D eigenvalue weighted by Gasteiger charge is 2.42. The van der Waals surface area contributed by atoms with Crippen molar-refractivity contribution in [3.63, 3.8) is 0 Å². The second-order valence-electron chi connectivity index (χ2n) is 12.4. The number of carbonyl (C=O) groups is 2. The third kappa shape index (κ3) is 16.0. The number of aliphatic carboxylic acids is 1. The molecule has 0 aromatic carbocycles. The Morgan fingerprint density at radius 1 is 0.568 bits per heavy atom. The average molecular weight is 521 g/mol. The highest BCUT2D eigenvalue weighted by molar-refractivity contribution is 6.01. The van der Waals surface area contributed by atoms with E-state index in [1.807, 2.05) is 0 Å². The smallest absolute Gasteiger partial charge is 0.314 e. The Balaban J connectivity index is 2.83. The van der Waals surface area contributed by atoms with Crippen LogP contribution in [-0.2, 0) is 9.59 Å². The first-order chi connectivity index (χ1) is 18.1. The van der Waals surface area contributed by atoms with Crippen LogP contribution in [0.5, 0.6) is 0 Å². The summed E-state index contributed by atoms with van der Waals surface area (Å²) in [6, 6.07) is 0. The van der Waals surface area contributed by atoms with Crippen molar-refractivity contribution in [3.8, 4) is 0 Å². The first-order valence-electron chi connectivity index (χ1n) is 16.8. The van der Waals surface area contributed by atoms with Crippen LogP contribution in [0.15, 0.2) is 0 Å². The molecule has 0 heterocycles. The molecule has 0 aromatic rings. The zero-order chi connectivity index (χ0) is 27.0. The highest BCUT2D eigenvalue weighted by Crippen LogP contribution is 2.41. The summed E-state index contributed by atoms with van der Waals surface area (Å²) in [4.78, 5) is 26.2. The molecule has 1 unspecified atom stereocenters. The van der Waals surface area contributed by atoms with Gasteiger partial charge in [-0.3, -0.25) is 9.59 Å². The Kier molecular flexibility index (Phi) is 21.3. The molecule has 1 rings (SSSR count). The molecule has 0 saturated heterocycles. The van der Waals surface area contributed by atoms with Gasteiger partial charge in [-0.25, -0.2) is 0 Å². The molecule has 1 N–H and O–H groups in total. The minimum Gasteiger partial charge on any atom is -0.481 e. The number of hydrogen-bond acceptors (Lipinski definition) is 2. The first kappa shape index (κ1) is 34.2. The fourth-order valence-electron chi connectivity index (χ4n) is 6.51. The number of carboxylic acid groups (broad SMARTS) is 1. The minimum atomic E-state index is -0.886. The number of hydrogen-bond donors (Lipinski definition) is 1. The molecular weight excluding hydrogens is 456 g/mol. The van der Waals surface area contributed by atoms with Crippen molar-refractivity contribution in [2.75, 3.05) is 0 Å². The van der Waals surface area contributed by atoms with Gasteiger partial charge >= 0.3 is 5.97 Å². The summed E-state index contributed by atoms with van der Waals surface area (Å²) in [6.45, 7) is 4.28. The van der Waals surface area contributed by atoms with Crippen molar-refractivity contribution in [3.05, 3.63) is 0 Å². The van der Waals surface area contributed by atoms with Crippen LogP contribution >= 0.6 is 0 Å². The molecule has 0 spiro atoms. The second kappa shape index (κ2) is 23.1. The van der Waals surface area contributed by atoms with Crippen LogP contribution in [-0.4, -0.2) is 16.9 Å². The van der Waals surface area contributed by atoms with Gasteiger partial charge in [-0.15, -0.1) is 0 Å². The van der Waals surface area contributed by atoms with Gasteiger partial charge in [0.05, 0.1) is 0 Å². The monoisotopic (exact) mass is 520 g/mol. The number of unbranched alkanes of at least 4 members (excludes halogenated alkanes) is 2. The lowest BCUT2D eigenvalue weighted by Gasteiger charge is -2.35. The minimum absolute atomic E-state index is 0.0763. The molecule has 3 heteroatoms. The van der Waals surface area contributed by atoms with E-state index in [1.54, 1.807) is 0 Å². The zero-order valence-electron chi connectivity index (χ0n) is 25.1. The molecule has 0 bridgehead atoms. The molecule has 0 radical (unpaired) electrons. The molecule has 218 valence electrons. The lowest BCUT2D eigenvalue weighted by molar-refractivity contribution is -0.151. The fraction of sp³-hybridized carbons (Fsp3) is 0.941. The molecular formula is C34H64O3. The number of carboxylic acids is 1. The van der Waals surface area contributed by atoms with E-state index in [1.165, 1.54) is 116 Å². The van der Waals surface area contributed by atoms with Crippen molar-refractivity contribution in [2.24, 2.45) is 11.3 Å². The van der Waals surface area contributed by atoms with Crippen molar-refractivity contribution in [1.29, 1.82) is 0 Å². The predicted molar refractivity (Wildman–Crippen MR) is 159 cm³/mol. The molecule has 0 amide bonds. The van der Waals surface area contributed by atoms with Gasteiger partial charge < -0.3 is 5.11 Å². The standard InChI is InChI=1S/C34H64O3/c1-3-5-27-31(33(36)37)32(35)34(28-6-4-2)29-25-23-21-19-17-15-13-11-9-7-8-10-12-14-16-18-20-22-24-26-30-34/h31H,3-30H2,1-2H3,(H,36,37).